The van der Waals surface area contributed by atoms with E-state index in [4.69, 9.17) is 21.4 Å². The standard InChI is InChI=1S/C18H10ClF3N2O4/c19-9-5-8-6-13(27-17(25)26)15(18(20,21)22)28-14(8)10(7-9)16-23-11-3-1-2-4-12(11)24-16/h1-7,15H,(H,23,24)(H,25,26). The number of aromatic nitrogens is 2. The lowest BCUT2D eigenvalue weighted by Crippen LogP contribution is -2.39. The van der Waals surface area contributed by atoms with Crippen LogP contribution in [-0.4, -0.2) is 33.5 Å². The van der Waals surface area contributed by atoms with E-state index in [2.05, 4.69) is 14.7 Å². The number of para-hydroxylation sites is 2. The molecular weight excluding hydrogens is 401 g/mol. The van der Waals surface area contributed by atoms with Gasteiger partial charge in [0, 0.05) is 10.6 Å². The highest BCUT2D eigenvalue weighted by atomic mass is 35.5. The number of imidazole rings is 1. The number of ether oxygens (including phenoxy) is 2. The summed E-state index contributed by atoms with van der Waals surface area (Å²) >= 11 is 6.10. The van der Waals surface area contributed by atoms with Crippen molar-refractivity contribution in [2.45, 2.75) is 12.3 Å². The van der Waals surface area contributed by atoms with E-state index in [1.165, 1.54) is 12.1 Å². The number of fused-ring (bicyclic) bond motifs is 2. The third kappa shape index (κ3) is 3.24. The molecule has 0 aliphatic carbocycles. The van der Waals surface area contributed by atoms with Crippen LogP contribution >= 0.6 is 11.6 Å². The minimum Gasteiger partial charge on any atom is -0.471 e. The molecule has 0 amide bonds. The van der Waals surface area contributed by atoms with Crippen molar-refractivity contribution in [1.29, 1.82) is 0 Å². The molecule has 1 aliphatic heterocycles. The Morgan fingerprint density at radius 1 is 1.29 bits per heavy atom. The molecule has 0 saturated heterocycles. The Morgan fingerprint density at radius 3 is 2.71 bits per heavy atom. The molecule has 2 N–H and O–H groups in total. The summed E-state index contributed by atoms with van der Waals surface area (Å²) in [5.74, 6) is -0.772. The van der Waals surface area contributed by atoms with Crippen LogP contribution in [0, 0.1) is 0 Å². The van der Waals surface area contributed by atoms with Gasteiger partial charge in [-0.25, -0.2) is 9.78 Å². The van der Waals surface area contributed by atoms with Crippen LogP contribution in [0.2, 0.25) is 5.02 Å². The molecule has 2 heterocycles. The molecule has 0 spiro atoms. The summed E-state index contributed by atoms with van der Waals surface area (Å²) in [5.41, 5.74) is 1.64. The van der Waals surface area contributed by atoms with Gasteiger partial charge in [0.25, 0.3) is 6.10 Å². The van der Waals surface area contributed by atoms with E-state index in [1.807, 2.05) is 0 Å². The minimum atomic E-state index is -4.90. The number of aromatic amines is 1. The van der Waals surface area contributed by atoms with Crippen LogP contribution in [0.15, 0.2) is 42.2 Å². The zero-order valence-electron chi connectivity index (χ0n) is 13.7. The number of hydrogen-bond acceptors (Lipinski definition) is 4. The molecule has 6 nitrogen and oxygen atoms in total. The number of carbonyl (C=O) groups is 1. The molecule has 144 valence electrons. The van der Waals surface area contributed by atoms with E-state index >= 15 is 0 Å². The lowest BCUT2D eigenvalue weighted by Gasteiger charge is -2.28. The van der Waals surface area contributed by atoms with Crippen molar-refractivity contribution in [2.75, 3.05) is 0 Å². The lowest BCUT2D eigenvalue weighted by atomic mass is 10.0. The SMILES string of the molecule is O=C(O)OC1=Cc2cc(Cl)cc(-c3nc4ccccc4[nH]3)c2OC1C(F)(F)F. The highest BCUT2D eigenvalue weighted by Gasteiger charge is 2.48. The van der Waals surface area contributed by atoms with Crippen LogP contribution in [0.25, 0.3) is 28.5 Å². The second-order valence-corrected chi connectivity index (χ2v) is 6.36. The van der Waals surface area contributed by atoms with Crippen LogP contribution in [0.5, 0.6) is 5.75 Å². The molecule has 1 aromatic heterocycles. The molecule has 28 heavy (non-hydrogen) atoms. The van der Waals surface area contributed by atoms with Gasteiger partial charge in [-0.1, -0.05) is 23.7 Å². The average Bonchev–Trinajstić information content (AvgIpc) is 3.02. The summed E-state index contributed by atoms with van der Waals surface area (Å²) < 4.78 is 49.7. The van der Waals surface area contributed by atoms with E-state index in [0.717, 1.165) is 6.08 Å². The van der Waals surface area contributed by atoms with Crippen LogP contribution in [-0.2, 0) is 4.74 Å². The minimum absolute atomic E-state index is 0.136. The van der Waals surface area contributed by atoms with Gasteiger partial charge in [0.05, 0.1) is 16.6 Å². The van der Waals surface area contributed by atoms with Crippen molar-refractivity contribution in [3.05, 3.63) is 52.7 Å². The number of nitrogens with zero attached hydrogens (tertiary/aromatic N) is 1. The monoisotopic (exact) mass is 410 g/mol. The Bertz CT molecular complexity index is 1090. The van der Waals surface area contributed by atoms with Crippen molar-refractivity contribution in [3.63, 3.8) is 0 Å². The number of halogens is 4. The number of benzene rings is 2. The molecule has 1 aliphatic rings. The Morgan fingerprint density at radius 2 is 2.04 bits per heavy atom. The maximum atomic E-state index is 13.4. The van der Waals surface area contributed by atoms with Gasteiger partial charge in [-0.15, -0.1) is 0 Å². The van der Waals surface area contributed by atoms with Gasteiger partial charge in [-0.3, -0.25) is 0 Å². The van der Waals surface area contributed by atoms with Crippen LogP contribution < -0.4 is 4.74 Å². The third-order valence-corrected chi connectivity index (χ3v) is 4.24. The van der Waals surface area contributed by atoms with Crippen molar-refractivity contribution >= 4 is 34.9 Å². The van der Waals surface area contributed by atoms with Crippen molar-refractivity contribution in [2.24, 2.45) is 0 Å². The summed E-state index contributed by atoms with van der Waals surface area (Å²) in [7, 11) is 0. The predicted octanol–water partition coefficient (Wildman–Crippen LogP) is 5.24. The van der Waals surface area contributed by atoms with E-state index in [9.17, 15) is 18.0 Å². The van der Waals surface area contributed by atoms with Crippen LogP contribution in [0.3, 0.4) is 0 Å². The first-order chi connectivity index (χ1) is 13.2. The molecule has 3 aromatic rings. The zero-order chi connectivity index (χ0) is 20.1. The maximum Gasteiger partial charge on any atom is 0.511 e. The topological polar surface area (TPSA) is 84.4 Å². The fraction of sp³-hybridized carbons (Fsp3) is 0.111. The summed E-state index contributed by atoms with van der Waals surface area (Å²) in [6.45, 7) is 0. The van der Waals surface area contributed by atoms with Gasteiger partial charge in [0.1, 0.15) is 11.6 Å². The smallest absolute Gasteiger partial charge is 0.471 e. The molecular formula is C18H10ClF3N2O4. The Kier molecular flexibility index (Phi) is 4.19. The molecule has 0 fully saturated rings. The molecule has 1 unspecified atom stereocenters. The molecule has 4 rings (SSSR count). The maximum absolute atomic E-state index is 13.4. The highest BCUT2D eigenvalue weighted by Crippen LogP contribution is 2.44. The van der Waals surface area contributed by atoms with Crippen molar-refractivity contribution < 1.29 is 32.5 Å². The van der Waals surface area contributed by atoms with E-state index in [1.54, 1.807) is 24.3 Å². The summed E-state index contributed by atoms with van der Waals surface area (Å²) in [4.78, 5) is 18.2. The number of nitrogens with one attached hydrogen (secondary N) is 1. The third-order valence-electron chi connectivity index (χ3n) is 4.02. The zero-order valence-corrected chi connectivity index (χ0v) is 14.5. The van der Waals surface area contributed by atoms with Gasteiger partial charge >= 0.3 is 12.3 Å². The van der Waals surface area contributed by atoms with Gasteiger partial charge in [-0.2, -0.15) is 13.2 Å². The highest BCUT2D eigenvalue weighted by molar-refractivity contribution is 6.31. The fourth-order valence-electron chi connectivity index (χ4n) is 2.93. The summed E-state index contributed by atoms with van der Waals surface area (Å²) in [5, 5.41) is 8.94. The summed E-state index contributed by atoms with van der Waals surface area (Å²) in [6, 6.07) is 9.83. The lowest BCUT2D eigenvalue weighted by molar-refractivity contribution is -0.191. The van der Waals surface area contributed by atoms with Crippen LogP contribution in [0.4, 0.5) is 18.0 Å². The number of hydrogen-bond donors (Lipinski definition) is 2. The first kappa shape index (κ1) is 18.2. The van der Waals surface area contributed by atoms with E-state index < -0.39 is 24.2 Å². The average molecular weight is 411 g/mol. The first-order valence-electron chi connectivity index (χ1n) is 7.87. The van der Waals surface area contributed by atoms with Gasteiger partial charge in [0.2, 0.25) is 0 Å². The predicted molar refractivity (Wildman–Crippen MR) is 94.1 cm³/mol. The second-order valence-electron chi connectivity index (χ2n) is 5.93. The van der Waals surface area contributed by atoms with Gasteiger partial charge in [0.15, 0.2) is 5.76 Å². The Balaban J connectivity index is 1.90. The van der Waals surface area contributed by atoms with Gasteiger partial charge in [-0.05, 0) is 30.3 Å². The molecule has 0 saturated carbocycles. The molecule has 1 atom stereocenters. The molecule has 0 radical (unpaired) electrons. The van der Waals surface area contributed by atoms with Gasteiger partial charge < -0.3 is 19.6 Å². The van der Waals surface area contributed by atoms with Crippen molar-refractivity contribution in [3.8, 4) is 17.1 Å². The molecule has 2 aromatic carbocycles. The normalized spacial score (nSPS) is 16.3. The summed E-state index contributed by atoms with van der Waals surface area (Å²) in [6.07, 6.45) is -8.42. The van der Waals surface area contributed by atoms with Crippen molar-refractivity contribution in [1.82, 2.24) is 9.97 Å². The number of carboxylic acid groups (broad SMARTS) is 1. The Hall–Kier alpha value is -3.20. The number of H-pyrrole nitrogens is 1. The first-order valence-corrected chi connectivity index (χ1v) is 8.24. The Labute approximate surface area is 160 Å². The quantitative estimate of drug-likeness (QED) is 0.564. The molecule has 10 heteroatoms. The largest absolute Gasteiger partial charge is 0.511 e. The number of rotatable bonds is 2. The molecule has 0 bridgehead atoms. The van der Waals surface area contributed by atoms with Crippen LogP contribution in [0.1, 0.15) is 5.56 Å². The van der Waals surface area contributed by atoms with E-state index in [0.29, 0.717) is 11.0 Å². The number of alkyl halides is 3. The second kappa shape index (κ2) is 6.45. The van der Waals surface area contributed by atoms with E-state index in [-0.39, 0.29) is 27.7 Å². The fourth-order valence-corrected chi connectivity index (χ4v) is 3.15.